The third-order valence-electron chi connectivity index (χ3n) is 6.78. The third-order valence-corrected chi connectivity index (χ3v) is 6.78. The van der Waals surface area contributed by atoms with Gasteiger partial charge >= 0.3 is 5.97 Å². The number of aromatic carboxylic acids is 1. The van der Waals surface area contributed by atoms with Gasteiger partial charge in [-0.15, -0.1) is 0 Å². The van der Waals surface area contributed by atoms with Crippen LogP contribution < -0.4 is 4.74 Å². The summed E-state index contributed by atoms with van der Waals surface area (Å²) in [5.74, 6) is -0.164. The molecule has 5 heteroatoms. The molecule has 0 spiro atoms. The molecule has 1 atom stereocenters. The van der Waals surface area contributed by atoms with Crippen LogP contribution >= 0.6 is 0 Å². The van der Waals surface area contributed by atoms with Gasteiger partial charge in [0, 0.05) is 6.42 Å². The number of nitrogens with zero attached hydrogens (tertiary/aromatic N) is 1. The van der Waals surface area contributed by atoms with Crippen molar-refractivity contribution >= 4 is 5.97 Å². The minimum atomic E-state index is -1.06. The number of carboxylic acids is 1. The molecule has 4 aromatic rings. The molecule has 0 bridgehead atoms. The summed E-state index contributed by atoms with van der Waals surface area (Å²) in [5.41, 5.74) is 4.13. The van der Waals surface area contributed by atoms with Crippen LogP contribution in [-0.4, -0.2) is 48.3 Å². The van der Waals surface area contributed by atoms with Crippen LogP contribution in [0.1, 0.15) is 39.9 Å². The van der Waals surface area contributed by atoms with E-state index in [1.807, 2.05) is 93.0 Å². The van der Waals surface area contributed by atoms with E-state index in [9.17, 15) is 9.90 Å². The smallest absolute Gasteiger partial charge is 0.335 e. The number of carbonyl (C=O) groups is 1. The average molecular weight is 510 g/mol. The molecular weight excluding hydrogens is 474 g/mol. The summed E-state index contributed by atoms with van der Waals surface area (Å²) in [6.45, 7) is 1.43. The van der Waals surface area contributed by atoms with Crippen molar-refractivity contribution in [3.05, 3.63) is 125 Å². The second kappa shape index (κ2) is 12.5. The van der Waals surface area contributed by atoms with Crippen molar-refractivity contribution in [3.63, 3.8) is 0 Å². The minimum Gasteiger partial charge on any atom is -0.493 e. The Morgan fingerprint density at radius 2 is 1.50 bits per heavy atom. The van der Waals surface area contributed by atoms with Crippen LogP contribution in [0, 0.1) is 0 Å². The first-order chi connectivity index (χ1) is 18.3. The fraction of sp³-hybridized carbons (Fsp3) is 0.242. The quantitative estimate of drug-likeness (QED) is 0.236. The van der Waals surface area contributed by atoms with Gasteiger partial charge in [0.1, 0.15) is 11.4 Å². The van der Waals surface area contributed by atoms with Gasteiger partial charge in [0.15, 0.2) is 0 Å². The number of benzene rings is 4. The molecule has 0 radical (unpaired) electrons. The molecule has 196 valence electrons. The van der Waals surface area contributed by atoms with Crippen LogP contribution in [0.15, 0.2) is 103 Å². The fourth-order valence-corrected chi connectivity index (χ4v) is 4.65. The van der Waals surface area contributed by atoms with Crippen LogP contribution in [0.3, 0.4) is 0 Å². The van der Waals surface area contributed by atoms with Crippen LogP contribution in [0.25, 0.3) is 11.1 Å². The standard InChI is InChI=1S/C33H35NO4/c1-34(2)22-7-21-33(37,29-10-4-3-5-11-29)30-16-18-31(19-17-30)38-23-20-25-8-6-9-28(24-25)26-12-14-27(15-13-26)32(35)36/h3-6,8-19,24,37H,7,20-23H2,1-2H3,(H,35,36)/t33-/m0/s1. The fourth-order valence-electron chi connectivity index (χ4n) is 4.65. The first-order valence-electron chi connectivity index (χ1n) is 12.9. The Bertz CT molecular complexity index is 1320. The summed E-state index contributed by atoms with van der Waals surface area (Å²) in [6, 6.07) is 32.7. The van der Waals surface area contributed by atoms with Crippen molar-refractivity contribution in [2.24, 2.45) is 0 Å². The predicted molar refractivity (Wildman–Crippen MR) is 152 cm³/mol. The molecule has 5 nitrogen and oxygen atoms in total. The van der Waals surface area contributed by atoms with Gasteiger partial charge in [-0.2, -0.15) is 0 Å². The molecule has 0 amide bonds. The number of hydrogen-bond donors (Lipinski definition) is 2. The van der Waals surface area contributed by atoms with Crippen molar-refractivity contribution in [1.82, 2.24) is 4.90 Å². The summed E-state index contributed by atoms with van der Waals surface area (Å²) >= 11 is 0. The molecule has 4 rings (SSSR count). The summed E-state index contributed by atoms with van der Waals surface area (Å²) < 4.78 is 6.03. The number of hydrogen-bond acceptors (Lipinski definition) is 4. The molecule has 38 heavy (non-hydrogen) atoms. The molecule has 0 heterocycles. The number of aliphatic hydroxyl groups is 1. The first-order valence-corrected chi connectivity index (χ1v) is 12.9. The molecule has 4 aromatic carbocycles. The van der Waals surface area contributed by atoms with Gasteiger partial charge in [-0.25, -0.2) is 4.79 Å². The maximum Gasteiger partial charge on any atom is 0.335 e. The summed E-state index contributed by atoms with van der Waals surface area (Å²) in [6.07, 6.45) is 2.24. The SMILES string of the molecule is CN(C)CCC[C@](O)(c1ccccc1)c1ccc(OCCc2cccc(-c3ccc(C(=O)O)cc3)c2)cc1. The monoisotopic (exact) mass is 509 g/mol. The topological polar surface area (TPSA) is 70.0 Å². The molecule has 2 N–H and O–H groups in total. The van der Waals surface area contributed by atoms with E-state index in [1.165, 1.54) is 0 Å². The normalized spacial score (nSPS) is 12.7. The lowest BCUT2D eigenvalue weighted by molar-refractivity contribution is 0.0663. The highest BCUT2D eigenvalue weighted by atomic mass is 16.5. The summed E-state index contributed by atoms with van der Waals surface area (Å²) in [7, 11) is 4.09. The zero-order valence-electron chi connectivity index (χ0n) is 22.0. The molecule has 0 aromatic heterocycles. The third kappa shape index (κ3) is 6.88. The van der Waals surface area contributed by atoms with E-state index in [2.05, 4.69) is 17.0 Å². The van der Waals surface area contributed by atoms with Crippen LogP contribution in [0.2, 0.25) is 0 Å². The van der Waals surface area contributed by atoms with Crippen molar-refractivity contribution in [3.8, 4) is 16.9 Å². The van der Waals surface area contributed by atoms with Gasteiger partial charge in [-0.1, -0.05) is 78.9 Å². The van der Waals surface area contributed by atoms with Crippen molar-refractivity contribution in [1.29, 1.82) is 0 Å². The molecule has 0 fully saturated rings. The highest BCUT2D eigenvalue weighted by Crippen LogP contribution is 2.35. The van der Waals surface area contributed by atoms with Gasteiger partial charge in [0.25, 0.3) is 0 Å². The number of rotatable bonds is 12. The maximum absolute atomic E-state index is 11.8. The molecule has 0 saturated carbocycles. The van der Waals surface area contributed by atoms with Crippen LogP contribution in [0.5, 0.6) is 5.75 Å². The van der Waals surface area contributed by atoms with E-state index in [1.54, 1.807) is 12.1 Å². The molecule has 0 saturated heterocycles. The largest absolute Gasteiger partial charge is 0.493 e. The van der Waals surface area contributed by atoms with E-state index in [-0.39, 0.29) is 5.56 Å². The van der Waals surface area contributed by atoms with Gasteiger partial charge in [-0.3, -0.25) is 0 Å². The van der Waals surface area contributed by atoms with E-state index in [0.29, 0.717) is 13.0 Å². The van der Waals surface area contributed by atoms with Crippen molar-refractivity contribution < 1.29 is 19.7 Å². The second-order valence-corrected chi connectivity index (χ2v) is 9.84. The van der Waals surface area contributed by atoms with Crippen molar-refractivity contribution in [2.75, 3.05) is 27.2 Å². The Balaban J connectivity index is 1.39. The molecule has 0 unspecified atom stereocenters. The Hall–Kier alpha value is -3.93. The highest BCUT2D eigenvalue weighted by molar-refractivity contribution is 5.88. The Morgan fingerprint density at radius 3 is 2.16 bits per heavy atom. The second-order valence-electron chi connectivity index (χ2n) is 9.84. The lowest BCUT2D eigenvalue weighted by Crippen LogP contribution is -2.28. The van der Waals surface area contributed by atoms with E-state index in [4.69, 9.17) is 9.84 Å². The molecule has 0 aliphatic heterocycles. The summed E-state index contributed by atoms with van der Waals surface area (Å²) in [5, 5.41) is 20.9. The van der Waals surface area contributed by atoms with Gasteiger partial charge in [0.05, 0.1) is 12.2 Å². The van der Waals surface area contributed by atoms with Gasteiger partial charge < -0.3 is 19.8 Å². The first kappa shape index (κ1) is 27.1. The zero-order valence-corrected chi connectivity index (χ0v) is 22.0. The molecule has 0 aliphatic carbocycles. The van der Waals surface area contributed by atoms with Crippen LogP contribution in [0.4, 0.5) is 0 Å². The minimum absolute atomic E-state index is 0.278. The average Bonchev–Trinajstić information content (AvgIpc) is 2.94. The molecule has 0 aliphatic rings. The Kier molecular flexibility index (Phi) is 8.95. The number of carboxylic acid groups (broad SMARTS) is 1. The zero-order chi connectivity index (χ0) is 27.0. The maximum atomic E-state index is 11.8. The van der Waals surface area contributed by atoms with E-state index >= 15 is 0 Å². The van der Waals surface area contributed by atoms with E-state index in [0.717, 1.165) is 53.0 Å². The Morgan fingerprint density at radius 1 is 0.816 bits per heavy atom. The van der Waals surface area contributed by atoms with Crippen LogP contribution in [-0.2, 0) is 12.0 Å². The molecular formula is C33H35NO4. The predicted octanol–water partition coefficient (Wildman–Crippen LogP) is 6.25. The van der Waals surface area contributed by atoms with E-state index < -0.39 is 11.6 Å². The Labute approximate surface area is 225 Å². The lowest BCUT2D eigenvalue weighted by Gasteiger charge is -2.30. The van der Waals surface area contributed by atoms with Gasteiger partial charge in [0.2, 0.25) is 0 Å². The number of ether oxygens (including phenoxy) is 1. The summed E-state index contributed by atoms with van der Waals surface area (Å²) in [4.78, 5) is 13.2. The lowest BCUT2D eigenvalue weighted by atomic mass is 9.82. The van der Waals surface area contributed by atoms with Crippen molar-refractivity contribution in [2.45, 2.75) is 24.9 Å². The van der Waals surface area contributed by atoms with Gasteiger partial charge in [-0.05, 0) is 85.6 Å². The highest BCUT2D eigenvalue weighted by Gasteiger charge is 2.31.